The van der Waals surface area contributed by atoms with Crippen molar-refractivity contribution in [2.75, 3.05) is 38.7 Å². The molecule has 1 N–H and O–H groups in total. The maximum absolute atomic E-state index is 14.6. The molecule has 1 saturated heterocycles. The topological polar surface area (TPSA) is 83.2 Å². The first-order valence-corrected chi connectivity index (χ1v) is 11.8. The number of anilines is 1. The van der Waals surface area contributed by atoms with Crippen LogP contribution < -0.4 is 20.5 Å². The van der Waals surface area contributed by atoms with Gasteiger partial charge in [0.15, 0.2) is 11.6 Å². The lowest BCUT2D eigenvalue weighted by Gasteiger charge is -2.26. The van der Waals surface area contributed by atoms with Crippen molar-refractivity contribution in [1.29, 1.82) is 5.26 Å². The predicted octanol–water partition coefficient (Wildman–Crippen LogP) is 3.96. The third-order valence-corrected chi connectivity index (χ3v) is 6.56. The van der Waals surface area contributed by atoms with Gasteiger partial charge in [-0.15, -0.1) is 0 Å². The van der Waals surface area contributed by atoms with Crippen molar-refractivity contribution in [3.05, 3.63) is 64.2 Å². The summed E-state index contributed by atoms with van der Waals surface area (Å²) in [5.41, 5.74) is 2.09. The van der Waals surface area contributed by atoms with Gasteiger partial charge in [0.25, 0.3) is 5.56 Å². The lowest BCUT2D eigenvalue weighted by atomic mass is 9.99. The highest BCUT2D eigenvalue weighted by Crippen LogP contribution is 2.32. The van der Waals surface area contributed by atoms with Crippen LogP contribution >= 0.6 is 0 Å². The third-order valence-electron chi connectivity index (χ3n) is 6.56. The fourth-order valence-electron chi connectivity index (χ4n) is 4.67. The Hall–Kier alpha value is -3.70. The predicted molar refractivity (Wildman–Crippen MR) is 135 cm³/mol. The van der Waals surface area contributed by atoms with Crippen LogP contribution in [0.15, 0.2) is 47.3 Å². The number of rotatable bonds is 6. The molecule has 0 amide bonds. The fourth-order valence-corrected chi connectivity index (χ4v) is 4.67. The summed E-state index contributed by atoms with van der Waals surface area (Å²) in [6.07, 6.45) is 3.32. The van der Waals surface area contributed by atoms with Gasteiger partial charge in [0.1, 0.15) is 0 Å². The molecule has 0 bridgehead atoms. The van der Waals surface area contributed by atoms with Gasteiger partial charge in [-0.05, 0) is 68.1 Å². The summed E-state index contributed by atoms with van der Waals surface area (Å²) in [5.74, 6) is 0.596. The number of ether oxygens (including phenoxy) is 1. The number of hydrogen-bond acceptors (Lipinski definition) is 6. The van der Waals surface area contributed by atoms with Gasteiger partial charge in [0.05, 0.1) is 30.0 Å². The van der Waals surface area contributed by atoms with Gasteiger partial charge >= 0.3 is 0 Å². The second-order valence-electron chi connectivity index (χ2n) is 8.97. The SMILES string of the molecule is COc1ccc(-c2c(-c3ccc(C#N)cc3)nc(N(C)CC3CCCNCC3)n(C)c2=O)cc1F. The normalized spacial score (nSPS) is 15.8. The van der Waals surface area contributed by atoms with Gasteiger partial charge in [-0.2, -0.15) is 5.26 Å². The Balaban J connectivity index is 1.84. The Labute approximate surface area is 204 Å². The third kappa shape index (κ3) is 5.20. The van der Waals surface area contributed by atoms with Crippen LogP contribution in [-0.2, 0) is 7.05 Å². The van der Waals surface area contributed by atoms with Crippen LogP contribution in [-0.4, -0.2) is 43.3 Å². The molecule has 4 rings (SSSR count). The molecular weight excluding hydrogens is 445 g/mol. The van der Waals surface area contributed by atoms with Crippen LogP contribution in [0.3, 0.4) is 0 Å². The van der Waals surface area contributed by atoms with Gasteiger partial charge in [0.2, 0.25) is 5.95 Å². The van der Waals surface area contributed by atoms with E-state index in [4.69, 9.17) is 9.72 Å². The molecule has 1 aliphatic heterocycles. The largest absolute Gasteiger partial charge is 0.494 e. The van der Waals surface area contributed by atoms with Crippen molar-refractivity contribution in [3.63, 3.8) is 0 Å². The van der Waals surface area contributed by atoms with E-state index < -0.39 is 5.82 Å². The van der Waals surface area contributed by atoms with Crippen LogP contribution in [0.5, 0.6) is 5.75 Å². The Morgan fingerprint density at radius 1 is 1.20 bits per heavy atom. The van der Waals surface area contributed by atoms with E-state index in [1.54, 1.807) is 37.4 Å². The fraction of sp³-hybridized carbons (Fsp3) is 0.370. The molecular formula is C27H30FN5O2. The van der Waals surface area contributed by atoms with Crippen molar-refractivity contribution in [2.45, 2.75) is 19.3 Å². The lowest BCUT2D eigenvalue weighted by molar-refractivity contribution is 0.386. The van der Waals surface area contributed by atoms with Crippen molar-refractivity contribution >= 4 is 5.95 Å². The Kier molecular flexibility index (Phi) is 7.47. The molecule has 2 heterocycles. The maximum Gasteiger partial charge on any atom is 0.263 e. The number of nitrogens with zero attached hydrogens (tertiary/aromatic N) is 4. The van der Waals surface area contributed by atoms with Gasteiger partial charge in [-0.3, -0.25) is 9.36 Å². The highest BCUT2D eigenvalue weighted by Gasteiger charge is 2.23. The number of aromatic nitrogens is 2. The number of nitriles is 1. The summed E-state index contributed by atoms with van der Waals surface area (Å²) in [6, 6.07) is 13.5. The minimum Gasteiger partial charge on any atom is -0.494 e. The number of halogens is 1. The minimum absolute atomic E-state index is 0.104. The molecule has 7 nitrogen and oxygen atoms in total. The molecule has 35 heavy (non-hydrogen) atoms. The van der Waals surface area contributed by atoms with Crippen molar-refractivity contribution in [3.8, 4) is 34.2 Å². The van der Waals surface area contributed by atoms with Gasteiger partial charge in [0, 0.05) is 26.2 Å². The number of methoxy groups -OCH3 is 1. The second-order valence-corrected chi connectivity index (χ2v) is 8.97. The molecule has 1 atom stereocenters. The molecule has 0 saturated carbocycles. The molecule has 1 fully saturated rings. The molecule has 2 aromatic carbocycles. The monoisotopic (exact) mass is 475 g/mol. The van der Waals surface area contributed by atoms with Crippen LogP contribution in [0.2, 0.25) is 0 Å². The molecule has 3 aromatic rings. The number of hydrogen-bond donors (Lipinski definition) is 1. The zero-order valence-electron chi connectivity index (χ0n) is 20.3. The summed E-state index contributed by atoms with van der Waals surface area (Å²) in [7, 11) is 5.05. The van der Waals surface area contributed by atoms with Gasteiger partial charge in [-0.1, -0.05) is 18.2 Å². The molecule has 0 spiro atoms. The zero-order chi connectivity index (χ0) is 24.9. The first-order valence-electron chi connectivity index (χ1n) is 11.8. The lowest BCUT2D eigenvalue weighted by Crippen LogP contribution is -2.33. The number of nitrogens with one attached hydrogen (secondary N) is 1. The summed E-state index contributed by atoms with van der Waals surface area (Å²) >= 11 is 0. The maximum atomic E-state index is 14.6. The van der Waals surface area contributed by atoms with Gasteiger partial charge < -0.3 is 15.0 Å². The minimum atomic E-state index is -0.555. The molecule has 1 aliphatic rings. The van der Waals surface area contributed by atoms with Gasteiger partial charge in [-0.25, -0.2) is 9.37 Å². The van der Waals surface area contributed by atoms with E-state index in [1.807, 2.05) is 11.9 Å². The second kappa shape index (κ2) is 10.7. The van der Waals surface area contributed by atoms with E-state index in [1.165, 1.54) is 23.8 Å². The Morgan fingerprint density at radius 2 is 1.94 bits per heavy atom. The van der Waals surface area contributed by atoms with Crippen molar-refractivity contribution < 1.29 is 9.13 Å². The van der Waals surface area contributed by atoms with E-state index in [0.29, 0.717) is 39.8 Å². The summed E-state index contributed by atoms with van der Waals surface area (Å²) in [6.45, 7) is 2.81. The van der Waals surface area contributed by atoms with Crippen LogP contribution in [0.1, 0.15) is 24.8 Å². The first-order chi connectivity index (χ1) is 16.9. The Morgan fingerprint density at radius 3 is 2.63 bits per heavy atom. The van der Waals surface area contributed by atoms with Crippen LogP contribution in [0.4, 0.5) is 10.3 Å². The van der Waals surface area contributed by atoms with Crippen LogP contribution in [0.25, 0.3) is 22.4 Å². The van der Waals surface area contributed by atoms with Crippen molar-refractivity contribution in [1.82, 2.24) is 14.9 Å². The van der Waals surface area contributed by atoms with E-state index in [-0.39, 0.29) is 11.3 Å². The summed E-state index contributed by atoms with van der Waals surface area (Å²) < 4.78 is 21.2. The highest BCUT2D eigenvalue weighted by atomic mass is 19.1. The molecule has 8 heteroatoms. The Bertz CT molecular complexity index is 1290. The summed E-state index contributed by atoms with van der Waals surface area (Å²) in [5, 5.41) is 12.6. The molecule has 182 valence electrons. The van der Waals surface area contributed by atoms with E-state index in [9.17, 15) is 14.4 Å². The zero-order valence-corrected chi connectivity index (χ0v) is 20.3. The highest BCUT2D eigenvalue weighted by molar-refractivity contribution is 5.81. The van der Waals surface area contributed by atoms with E-state index in [2.05, 4.69) is 11.4 Å². The first kappa shape index (κ1) is 24.4. The van der Waals surface area contributed by atoms with E-state index in [0.717, 1.165) is 38.9 Å². The van der Waals surface area contributed by atoms with Crippen molar-refractivity contribution in [2.24, 2.45) is 13.0 Å². The average molecular weight is 476 g/mol. The molecule has 0 aliphatic carbocycles. The molecule has 0 radical (unpaired) electrons. The number of benzene rings is 2. The van der Waals surface area contributed by atoms with E-state index >= 15 is 0 Å². The quantitative estimate of drug-likeness (QED) is 0.581. The van der Waals surface area contributed by atoms with Crippen LogP contribution in [0, 0.1) is 23.1 Å². The molecule has 1 unspecified atom stereocenters. The standard InChI is InChI=1S/C27H30FN5O2/c1-32(17-19-5-4-13-30-14-12-19)27-31-25(20-8-6-18(16-29)7-9-20)24(26(34)33(27)2)21-10-11-23(35-3)22(28)15-21/h6-11,15,19,30H,4-5,12-14,17H2,1-3H3. The smallest absolute Gasteiger partial charge is 0.263 e. The molecule has 1 aromatic heterocycles. The summed E-state index contributed by atoms with van der Waals surface area (Å²) in [4.78, 5) is 20.7. The average Bonchev–Trinajstić information content (AvgIpc) is 3.14.